The Hall–Kier alpha value is -1.72. The SMILES string of the molecule is O=S([O-])c1cccnc1Oc1ccccc1. The molecule has 16 heavy (non-hydrogen) atoms. The van der Waals surface area contributed by atoms with E-state index in [1.165, 1.54) is 12.3 Å². The summed E-state index contributed by atoms with van der Waals surface area (Å²) in [5.74, 6) is 0.634. The van der Waals surface area contributed by atoms with Gasteiger partial charge in [-0.1, -0.05) is 18.2 Å². The molecule has 82 valence electrons. The Morgan fingerprint density at radius 3 is 2.56 bits per heavy atom. The van der Waals surface area contributed by atoms with Gasteiger partial charge in [0.15, 0.2) is 0 Å². The van der Waals surface area contributed by atoms with Crippen molar-refractivity contribution in [3.05, 3.63) is 48.7 Å². The average Bonchev–Trinajstić information content (AvgIpc) is 2.31. The van der Waals surface area contributed by atoms with Crippen LogP contribution in [0.15, 0.2) is 53.6 Å². The summed E-state index contributed by atoms with van der Waals surface area (Å²) in [4.78, 5) is 3.93. The number of pyridine rings is 1. The molecule has 0 amide bonds. The molecule has 1 aromatic carbocycles. The number of rotatable bonds is 3. The third kappa shape index (κ3) is 2.44. The van der Waals surface area contributed by atoms with Crippen molar-refractivity contribution in [3.63, 3.8) is 0 Å². The van der Waals surface area contributed by atoms with Crippen molar-refractivity contribution in [2.24, 2.45) is 0 Å². The predicted molar refractivity (Wildman–Crippen MR) is 57.9 cm³/mol. The van der Waals surface area contributed by atoms with Gasteiger partial charge in [-0.05, 0) is 35.3 Å². The summed E-state index contributed by atoms with van der Waals surface area (Å²) in [6.45, 7) is 0. The van der Waals surface area contributed by atoms with Crippen LogP contribution < -0.4 is 4.74 Å². The molecule has 0 aliphatic carbocycles. The lowest BCUT2D eigenvalue weighted by Crippen LogP contribution is -1.96. The van der Waals surface area contributed by atoms with Crippen molar-refractivity contribution in [2.75, 3.05) is 0 Å². The quantitative estimate of drug-likeness (QED) is 0.763. The Labute approximate surface area is 95.2 Å². The van der Waals surface area contributed by atoms with E-state index in [2.05, 4.69) is 4.98 Å². The third-order valence-electron chi connectivity index (χ3n) is 1.87. The minimum absolute atomic E-state index is 0.0475. The second-order valence-corrected chi connectivity index (χ2v) is 3.87. The molecule has 1 atom stereocenters. The lowest BCUT2D eigenvalue weighted by Gasteiger charge is -2.10. The highest BCUT2D eigenvalue weighted by Crippen LogP contribution is 2.23. The zero-order chi connectivity index (χ0) is 11.4. The van der Waals surface area contributed by atoms with Crippen LogP contribution in [0.4, 0.5) is 0 Å². The molecule has 2 aromatic rings. The maximum absolute atomic E-state index is 10.9. The Morgan fingerprint density at radius 2 is 1.88 bits per heavy atom. The maximum atomic E-state index is 10.9. The topological polar surface area (TPSA) is 62.2 Å². The summed E-state index contributed by atoms with van der Waals surface area (Å²) >= 11 is -2.35. The molecule has 0 aliphatic rings. The molecule has 1 heterocycles. The molecule has 5 heteroatoms. The largest absolute Gasteiger partial charge is 0.768 e. The normalized spacial score (nSPS) is 12.1. The number of nitrogens with zero attached hydrogens (tertiary/aromatic N) is 1. The van der Waals surface area contributed by atoms with E-state index in [1.54, 1.807) is 30.3 Å². The van der Waals surface area contributed by atoms with E-state index in [0.29, 0.717) is 5.75 Å². The Bertz CT molecular complexity index is 502. The summed E-state index contributed by atoms with van der Waals surface area (Å²) in [7, 11) is 0. The Balaban J connectivity index is 2.31. The molecule has 0 saturated carbocycles. The van der Waals surface area contributed by atoms with Crippen molar-refractivity contribution in [1.82, 2.24) is 4.98 Å². The fraction of sp³-hybridized carbons (Fsp3) is 0. The van der Waals surface area contributed by atoms with E-state index in [9.17, 15) is 8.76 Å². The van der Waals surface area contributed by atoms with Gasteiger partial charge in [0.25, 0.3) is 0 Å². The third-order valence-corrected chi connectivity index (χ3v) is 2.54. The van der Waals surface area contributed by atoms with Gasteiger partial charge in [-0.25, -0.2) is 4.98 Å². The zero-order valence-corrected chi connectivity index (χ0v) is 9.02. The van der Waals surface area contributed by atoms with Gasteiger partial charge < -0.3 is 9.29 Å². The van der Waals surface area contributed by atoms with Gasteiger partial charge in [-0.2, -0.15) is 0 Å². The van der Waals surface area contributed by atoms with Gasteiger partial charge >= 0.3 is 0 Å². The lowest BCUT2D eigenvalue weighted by molar-refractivity contribution is 0.444. The molecule has 1 aromatic heterocycles. The van der Waals surface area contributed by atoms with E-state index in [-0.39, 0.29) is 10.8 Å². The van der Waals surface area contributed by atoms with Gasteiger partial charge in [-0.15, -0.1) is 0 Å². The molecule has 0 aliphatic heterocycles. The molecule has 0 radical (unpaired) electrons. The van der Waals surface area contributed by atoms with E-state index >= 15 is 0 Å². The number of hydrogen-bond acceptors (Lipinski definition) is 4. The smallest absolute Gasteiger partial charge is 0.234 e. The van der Waals surface area contributed by atoms with Crippen molar-refractivity contribution in [2.45, 2.75) is 4.90 Å². The van der Waals surface area contributed by atoms with Crippen molar-refractivity contribution < 1.29 is 13.5 Å². The van der Waals surface area contributed by atoms with Crippen molar-refractivity contribution >= 4 is 11.1 Å². The standard InChI is InChI=1S/C11H9NO3S/c13-16(14)10-7-4-8-12-11(10)15-9-5-2-1-3-6-9/h1-8H,(H,13,14)/p-1. The van der Waals surface area contributed by atoms with Crippen LogP contribution in [-0.2, 0) is 11.1 Å². The highest BCUT2D eigenvalue weighted by atomic mass is 32.2. The summed E-state index contributed by atoms with van der Waals surface area (Å²) in [5.41, 5.74) is 0. The van der Waals surface area contributed by atoms with Gasteiger partial charge in [-0.3, -0.25) is 4.21 Å². The Kier molecular flexibility index (Phi) is 3.28. The summed E-state index contributed by atoms with van der Waals surface area (Å²) in [6.07, 6.45) is 1.48. The van der Waals surface area contributed by atoms with Crippen LogP contribution in [0.3, 0.4) is 0 Å². The molecule has 2 rings (SSSR count). The summed E-state index contributed by atoms with van der Waals surface area (Å²) in [5, 5.41) is 0. The fourth-order valence-corrected chi connectivity index (χ4v) is 1.61. The molecule has 0 fully saturated rings. The molecule has 0 saturated heterocycles. The van der Waals surface area contributed by atoms with E-state index in [1.807, 2.05) is 6.07 Å². The highest BCUT2D eigenvalue weighted by molar-refractivity contribution is 7.79. The molecular formula is C11H8NO3S-. The van der Waals surface area contributed by atoms with E-state index in [0.717, 1.165) is 0 Å². The van der Waals surface area contributed by atoms with Crippen LogP contribution >= 0.6 is 0 Å². The first-order chi connectivity index (χ1) is 7.77. The summed E-state index contributed by atoms with van der Waals surface area (Å²) < 4.78 is 27.2. The second kappa shape index (κ2) is 4.87. The highest BCUT2D eigenvalue weighted by Gasteiger charge is 2.05. The number of benzene rings is 1. The predicted octanol–water partition coefficient (Wildman–Crippen LogP) is 2.11. The first kappa shape index (κ1) is 10.8. The molecule has 0 bridgehead atoms. The Morgan fingerprint density at radius 1 is 1.12 bits per heavy atom. The number of para-hydroxylation sites is 1. The molecular weight excluding hydrogens is 226 g/mol. The minimum Gasteiger partial charge on any atom is -0.768 e. The van der Waals surface area contributed by atoms with Crippen molar-refractivity contribution in [1.29, 1.82) is 0 Å². The number of aromatic nitrogens is 1. The van der Waals surface area contributed by atoms with Crippen LogP contribution in [-0.4, -0.2) is 13.7 Å². The number of hydrogen-bond donors (Lipinski definition) is 0. The van der Waals surface area contributed by atoms with Crippen LogP contribution in [0, 0.1) is 0 Å². The first-order valence-corrected chi connectivity index (χ1v) is 5.62. The van der Waals surface area contributed by atoms with Crippen LogP contribution in [0.1, 0.15) is 0 Å². The van der Waals surface area contributed by atoms with Crippen LogP contribution in [0.25, 0.3) is 0 Å². The maximum Gasteiger partial charge on any atom is 0.234 e. The molecule has 0 spiro atoms. The van der Waals surface area contributed by atoms with Gasteiger partial charge in [0.05, 0.1) is 4.90 Å². The monoisotopic (exact) mass is 234 g/mol. The van der Waals surface area contributed by atoms with E-state index in [4.69, 9.17) is 4.74 Å². The van der Waals surface area contributed by atoms with Crippen molar-refractivity contribution in [3.8, 4) is 11.6 Å². The van der Waals surface area contributed by atoms with E-state index < -0.39 is 11.1 Å². The molecule has 4 nitrogen and oxygen atoms in total. The average molecular weight is 234 g/mol. The lowest BCUT2D eigenvalue weighted by atomic mass is 10.3. The minimum atomic E-state index is -2.35. The zero-order valence-electron chi connectivity index (χ0n) is 8.20. The fourth-order valence-electron chi connectivity index (χ4n) is 1.18. The van der Waals surface area contributed by atoms with Gasteiger partial charge in [0.2, 0.25) is 5.88 Å². The van der Waals surface area contributed by atoms with Gasteiger partial charge in [0.1, 0.15) is 5.75 Å². The first-order valence-electron chi connectivity index (χ1n) is 4.54. The summed E-state index contributed by atoms with van der Waals surface area (Å²) in [6, 6.07) is 11.9. The molecule has 1 unspecified atom stereocenters. The van der Waals surface area contributed by atoms with Gasteiger partial charge in [0, 0.05) is 6.20 Å². The van der Waals surface area contributed by atoms with Crippen LogP contribution in [0.2, 0.25) is 0 Å². The second-order valence-electron chi connectivity index (χ2n) is 2.96. The molecule has 0 N–H and O–H groups in total. The van der Waals surface area contributed by atoms with Crippen LogP contribution in [0.5, 0.6) is 11.6 Å². The number of ether oxygens (including phenoxy) is 1.